The van der Waals surface area contributed by atoms with Gasteiger partial charge in [0.15, 0.2) is 5.65 Å². The highest BCUT2D eigenvalue weighted by Crippen LogP contribution is 2.46. The van der Waals surface area contributed by atoms with Crippen molar-refractivity contribution in [2.75, 3.05) is 13.1 Å². The van der Waals surface area contributed by atoms with E-state index in [9.17, 15) is 4.79 Å². The van der Waals surface area contributed by atoms with Gasteiger partial charge in [0.05, 0.1) is 17.3 Å². The average molecular weight is 563 g/mol. The first kappa shape index (κ1) is 24.9. The molecule has 2 aliphatic rings. The Morgan fingerprint density at radius 3 is 2.67 bits per heavy atom. The van der Waals surface area contributed by atoms with Crippen LogP contribution in [0.1, 0.15) is 39.6 Å². The molecule has 0 saturated carbocycles. The number of aromatic nitrogens is 8. The van der Waals surface area contributed by atoms with Crippen LogP contribution < -0.4 is 0 Å². The van der Waals surface area contributed by atoms with Gasteiger partial charge >= 0.3 is 0 Å². The smallest absolute Gasteiger partial charge is 0.245 e. The first-order chi connectivity index (χ1) is 21.1. The number of hydrogen-bond donors (Lipinski definition) is 0. The molecule has 0 spiro atoms. The third kappa shape index (κ3) is 4.30. The summed E-state index contributed by atoms with van der Waals surface area (Å²) >= 11 is 0. The summed E-state index contributed by atoms with van der Waals surface area (Å²) in [5.41, 5.74) is 9.62. The lowest BCUT2D eigenvalue weighted by molar-refractivity contribution is -0.130. The fourth-order valence-electron chi connectivity index (χ4n) is 5.61. The van der Waals surface area contributed by atoms with Gasteiger partial charge in [-0.15, -0.1) is 0 Å². The third-order valence-corrected chi connectivity index (χ3v) is 8.00. The van der Waals surface area contributed by atoms with Gasteiger partial charge in [0.2, 0.25) is 5.91 Å². The van der Waals surface area contributed by atoms with Crippen LogP contribution in [0.15, 0.2) is 92.4 Å². The second-order valence-electron chi connectivity index (χ2n) is 10.7. The molecule has 1 fully saturated rings. The summed E-state index contributed by atoms with van der Waals surface area (Å²) < 4.78 is 5.36. The number of nitrogens with zero attached hydrogens (tertiary/aromatic N) is 9. The fraction of sp³-hybridized carbons (Fsp3) is 0.121. The maximum atomic E-state index is 11.8. The Labute approximate surface area is 246 Å². The van der Waals surface area contributed by atoms with E-state index in [-0.39, 0.29) is 11.8 Å². The van der Waals surface area contributed by atoms with Crippen molar-refractivity contribution in [2.24, 2.45) is 0 Å². The Morgan fingerprint density at radius 2 is 1.81 bits per heavy atom. The quantitative estimate of drug-likeness (QED) is 0.234. The number of aryl methyl sites for hydroxylation is 1. The SMILES string of the molecule is C=CC(=O)N1CC(c2ccn(-c3ccn4ncnc(C#Cc5ccc([C]6C=C6c6ccn7ncnc7c6)c(C)c5)c34)n2)C1. The fourth-order valence-corrected chi connectivity index (χ4v) is 5.61. The highest BCUT2D eigenvalue weighted by Gasteiger charge is 2.32. The molecule has 0 bridgehead atoms. The van der Waals surface area contributed by atoms with E-state index in [4.69, 9.17) is 5.10 Å². The van der Waals surface area contributed by atoms with Crippen molar-refractivity contribution in [3.05, 3.63) is 132 Å². The lowest BCUT2D eigenvalue weighted by Crippen LogP contribution is -2.47. The maximum absolute atomic E-state index is 11.8. The predicted octanol–water partition coefficient (Wildman–Crippen LogP) is 3.80. The Balaban J connectivity index is 1.03. The molecule has 8 rings (SSSR count). The molecule has 10 heteroatoms. The number of benzene rings is 1. The van der Waals surface area contributed by atoms with E-state index in [1.165, 1.54) is 29.5 Å². The summed E-state index contributed by atoms with van der Waals surface area (Å²) in [6.45, 7) is 6.96. The number of hydrogen-bond acceptors (Lipinski definition) is 6. The normalized spacial score (nSPS) is 14.8. The van der Waals surface area contributed by atoms with Gasteiger partial charge in [0.1, 0.15) is 23.9 Å². The summed E-state index contributed by atoms with van der Waals surface area (Å²) in [6, 6.07) is 14.3. The number of likely N-dealkylation sites (tertiary alicyclic amines) is 1. The highest BCUT2D eigenvalue weighted by atomic mass is 16.2. The topological polar surface area (TPSA) is 98.5 Å². The van der Waals surface area contributed by atoms with Gasteiger partial charge in [0.25, 0.3) is 0 Å². The summed E-state index contributed by atoms with van der Waals surface area (Å²) in [5.74, 6) is 7.96. The van der Waals surface area contributed by atoms with Crippen LogP contribution >= 0.6 is 0 Å². The zero-order chi connectivity index (χ0) is 29.1. The molecule has 1 aromatic carbocycles. The lowest BCUT2D eigenvalue weighted by Gasteiger charge is -2.37. The van der Waals surface area contributed by atoms with E-state index < -0.39 is 0 Å². The number of carbonyl (C=O) groups excluding carboxylic acids is 1. The molecular weight excluding hydrogens is 538 g/mol. The first-order valence-corrected chi connectivity index (χ1v) is 13.9. The molecule has 1 amide bonds. The molecule has 1 radical (unpaired) electrons. The number of allylic oxidation sites excluding steroid dienone is 2. The van der Waals surface area contributed by atoms with Crippen molar-refractivity contribution in [2.45, 2.75) is 12.8 Å². The molecule has 6 aromatic rings. The van der Waals surface area contributed by atoms with E-state index in [2.05, 4.69) is 75.9 Å². The molecular formula is C33H24N9O. The maximum Gasteiger partial charge on any atom is 0.245 e. The molecule has 207 valence electrons. The Bertz CT molecular complexity index is 2180. The van der Waals surface area contributed by atoms with Crippen LogP contribution in [0.2, 0.25) is 0 Å². The van der Waals surface area contributed by atoms with E-state index in [0.29, 0.717) is 18.8 Å². The Morgan fingerprint density at radius 1 is 0.977 bits per heavy atom. The van der Waals surface area contributed by atoms with Crippen LogP contribution in [-0.2, 0) is 4.79 Å². The van der Waals surface area contributed by atoms with Crippen LogP contribution in [0.5, 0.6) is 0 Å². The molecule has 5 aromatic heterocycles. The Hall–Kier alpha value is -5.82. The van der Waals surface area contributed by atoms with Crippen molar-refractivity contribution in [3.8, 4) is 17.5 Å². The monoisotopic (exact) mass is 562 g/mol. The van der Waals surface area contributed by atoms with Gasteiger partial charge in [-0.2, -0.15) is 15.3 Å². The summed E-state index contributed by atoms with van der Waals surface area (Å²) in [7, 11) is 0. The number of amides is 1. The van der Waals surface area contributed by atoms with Crippen molar-refractivity contribution in [1.82, 2.24) is 43.9 Å². The standard InChI is InChI=1S/C33H24N9O/c1-3-32(43)39-17-24(18-39)28-9-12-40(38-28)30-10-13-42-33(30)29(34-19-37-42)7-5-22-4-6-25(21(2)14-22)27-16-26(27)23-8-11-41-31(15-23)35-20-36-41/h3-4,6,8-16,19-20,24H,1,17-18H2,2H3. The van der Waals surface area contributed by atoms with Gasteiger partial charge in [-0.1, -0.05) is 24.6 Å². The minimum atomic E-state index is -0.0476. The van der Waals surface area contributed by atoms with Crippen molar-refractivity contribution in [3.63, 3.8) is 0 Å². The molecule has 10 nitrogen and oxygen atoms in total. The van der Waals surface area contributed by atoms with Crippen LogP contribution in [0.25, 0.3) is 22.4 Å². The van der Waals surface area contributed by atoms with Gasteiger partial charge in [-0.05, 0) is 77.6 Å². The van der Waals surface area contributed by atoms with Gasteiger partial charge in [0, 0.05) is 43.2 Å². The minimum absolute atomic E-state index is 0.0476. The van der Waals surface area contributed by atoms with Crippen molar-refractivity contribution in [1.29, 1.82) is 0 Å². The largest absolute Gasteiger partial charge is 0.338 e. The molecule has 43 heavy (non-hydrogen) atoms. The first-order valence-electron chi connectivity index (χ1n) is 13.9. The number of carbonyl (C=O) groups is 1. The minimum Gasteiger partial charge on any atom is -0.338 e. The van der Waals surface area contributed by atoms with Gasteiger partial charge in [-0.3, -0.25) is 4.79 Å². The third-order valence-electron chi connectivity index (χ3n) is 8.00. The van der Waals surface area contributed by atoms with Crippen molar-refractivity contribution < 1.29 is 4.79 Å². The predicted molar refractivity (Wildman–Crippen MR) is 160 cm³/mol. The van der Waals surface area contributed by atoms with Crippen LogP contribution in [-0.4, -0.2) is 62.9 Å². The zero-order valence-corrected chi connectivity index (χ0v) is 23.2. The molecule has 1 aliphatic carbocycles. The zero-order valence-electron chi connectivity index (χ0n) is 23.2. The molecule has 0 N–H and O–H groups in total. The summed E-state index contributed by atoms with van der Waals surface area (Å²) in [5, 5.41) is 13.4. The molecule has 1 saturated heterocycles. The van der Waals surface area contributed by atoms with Crippen LogP contribution in [0.3, 0.4) is 0 Å². The highest BCUT2D eigenvalue weighted by molar-refractivity contribution is 5.98. The van der Waals surface area contributed by atoms with Gasteiger partial charge < -0.3 is 4.90 Å². The van der Waals surface area contributed by atoms with E-state index in [1.54, 1.807) is 20.3 Å². The number of pyridine rings is 1. The van der Waals surface area contributed by atoms with E-state index in [1.807, 2.05) is 41.5 Å². The number of rotatable bonds is 5. The van der Waals surface area contributed by atoms with Crippen LogP contribution in [0, 0.1) is 24.7 Å². The van der Waals surface area contributed by atoms with E-state index >= 15 is 0 Å². The van der Waals surface area contributed by atoms with Gasteiger partial charge in [-0.25, -0.2) is 23.7 Å². The molecule has 1 aliphatic heterocycles. The molecule has 6 heterocycles. The summed E-state index contributed by atoms with van der Waals surface area (Å²) in [6.07, 6.45) is 12.4. The summed E-state index contributed by atoms with van der Waals surface area (Å²) in [4.78, 5) is 22.4. The second-order valence-corrected chi connectivity index (χ2v) is 10.7. The average Bonchev–Trinajstić information content (AvgIpc) is 3.33. The second kappa shape index (κ2) is 9.63. The number of fused-ring (bicyclic) bond motifs is 2. The van der Waals surface area contributed by atoms with E-state index in [0.717, 1.165) is 39.2 Å². The lowest BCUT2D eigenvalue weighted by atomic mass is 9.96. The van der Waals surface area contributed by atoms with Crippen molar-refractivity contribution >= 4 is 22.6 Å². The Kier molecular flexibility index (Phi) is 5.59. The molecule has 0 unspecified atom stereocenters. The van der Waals surface area contributed by atoms with Crippen LogP contribution in [0.4, 0.5) is 0 Å². The molecule has 0 atom stereocenters.